The first-order valence-electron chi connectivity index (χ1n) is 5.83. The fraction of sp³-hybridized carbons (Fsp3) is 0.333. The lowest BCUT2D eigenvalue weighted by molar-refractivity contribution is 0.0182. The molecule has 0 saturated heterocycles. The van der Waals surface area contributed by atoms with Crippen molar-refractivity contribution in [2.75, 3.05) is 18.9 Å². The van der Waals surface area contributed by atoms with E-state index in [2.05, 4.69) is 10.1 Å². The van der Waals surface area contributed by atoms with Crippen LogP contribution in [0, 0.1) is 0 Å². The van der Waals surface area contributed by atoms with Crippen LogP contribution in [0.2, 0.25) is 0 Å². The molecule has 0 saturated carbocycles. The Morgan fingerprint density at radius 1 is 1.40 bits per heavy atom. The van der Waals surface area contributed by atoms with E-state index >= 15 is 0 Å². The summed E-state index contributed by atoms with van der Waals surface area (Å²) in [5, 5.41) is 13.0. The van der Waals surface area contributed by atoms with Crippen molar-refractivity contribution in [1.29, 1.82) is 0 Å². The van der Waals surface area contributed by atoms with Gasteiger partial charge in [-0.1, -0.05) is 5.16 Å². The normalized spacial score (nSPS) is 11.2. The van der Waals surface area contributed by atoms with Crippen LogP contribution in [0.3, 0.4) is 0 Å². The minimum Gasteiger partial charge on any atom is -0.506 e. The maximum Gasteiger partial charge on any atom is 0.261 e. The van der Waals surface area contributed by atoms with Gasteiger partial charge in [-0.2, -0.15) is 4.98 Å². The number of aromatic nitrogens is 2. The molecule has 0 amide bonds. The van der Waals surface area contributed by atoms with Gasteiger partial charge in [-0.15, -0.1) is 0 Å². The molecule has 0 aliphatic carbocycles. The van der Waals surface area contributed by atoms with Crippen LogP contribution in [-0.2, 0) is 11.2 Å². The topological polar surface area (TPSA) is 94.4 Å². The van der Waals surface area contributed by atoms with Gasteiger partial charge in [0.2, 0.25) is 0 Å². The lowest BCUT2D eigenvalue weighted by Gasteiger charge is -2.00. The Kier molecular flexibility index (Phi) is 4.46. The number of hydrogen-bond acceptors (Lipinski definition) is 6. The molecule has 8 heteroatoms. The molecule has 2 rings (SSSR count). The van der Waals surface area contributed by atoms with E-state index in [9.17, 15) is 13.9 Å². The average Bonchev–Trinajstić information content (AvgIpc) is 2.86. The molecule has 0 aliphatic heterocycles. The third-order valence-electron chi connectivity index (χ3n) is 2.46. The van der Waals surface area contributed by atoms with Crippen LogP contribution in [0.5, 0.6) is 5.75 Å². The number of rotatable bonds is 6. The van der Waals surface area contributed by atoms with Crippen LogP contribution in [0.1, 0.15) is 5.82 Å². The number of halogens is 2. The zero-order valence-electron chi connectivity index (χ0n) is 10.4. The molecule has 0 atom stereocenters. The van der Waals surface area contributed by atoms with E-state index in [4.69, 9.17) is 15.0 Å². The number of nitrogens with zero attached hydrogens (tertiary/aromatic N) is 2. The molecule has 0 aliphatic rings. The summed E-state index contributed by atoms with van der Waals surface area (Å²) in [6.07, 6.45) is -2.22. The van der Waals surface area contributed by atoms with Crippen LogP contribution in [-0.4, -0.2) is 34.9 Å². The molecular weight excluding hydrogens is 272 g/mol. The highest BCUT2D eigenvalue weighted by Gasteiger charge is 2.10. The van der Waals surface area contributed by atoms with Crippen LogP contribution in [0.15, 0.2) is 22.7 Å². The van der Waals surface area contributed by atoms with Crippen molar-refractivity contribution >= 4 is 5.69 Å². The first kappa shape index (κ1) is 14.2. The SMILES string of the molecule is Nc1cc(-c2nc(CCOCC(F)F)no2)ccc1O. The van der Waals surface area contributed by atoms with Crippen molar-refractivity contribution in [3.05, 3.63) is 24.0 Å². The highest BCUT2D eigenvalue weighted by Crippen LogP contribution is 2.26. The number of phenols is 1. The molecule has 1 aromatic heterocycles. The molecule has 0 spiro atoms. The Hall–Kier alpha value is -2.22. The molecule has 1 aromatic carbocycles. The predicted octanol–water partition coefficient (Wildman–Crippen LogP) is 1.85. The van der Waals surface area contributed by atoms with Crippen molar-refractivity contribution in [2.24, 2.45) is 0 Å². The van der Waals surface area contributed by atoms with Crippen LogP contribution in [0.25, 0.3) is 11.5 Å². The van der Waals surface area contributed by atoms with Crippen molar-refractivity contribution in [3.8, 4) is 17.2 Å². The molecule has 0 fully saturated rings. The van der Waals surface area contributed by atoms with E-state index < -0.39 is 13.0 Å². The highest BCUT2D eigenvalue weighted by molar-refractivity contribution is 5.64. The van der Waals surface area contributed by atoms with Gasteiger partial charge in [-0.3, -0.25) is 0 Å². The monoisotopic (exact) mass is 285 g/mol. The summed E-state index contributed by atoms with van der Waals surface area (Å²) in [4.78, 5) is 4.09. The lowest BCUT2D eigenvalue weighted by atomic mass is 10.2. The minimum atomic E-state index is -2.49. The standard InChI is InChI=1S/C12H13F2N3O3/c13-10(14)6-19-4-3-11-16-12(20-17-11)7-1-2-9(18)8(15)5-7/h1-2,5,10,18H,3-4,6,15H2. The summed E-state index contributed by atoms with van der Waals surface area (Å²) in [6, 6.07) is 4.50. The summed E-state index contributed by atoms with van der Waals surface area (Å²) in [7, 11) is 0. The van der Waals surface area contributed by atoms with Crippen LogP contribution in [0.4, 0.5) is 14.5 Å². The lowest BCUT2D eigenvalue weighted by Crippen LogP contribution is -2.07. The number of ether oxygens (including phenoxy) is 1. The summed E-state index contributed by atoms with van der Waals surface area (Å²) in [6.45, 7) is -0.528. The van der Waals surface area contributed by atoms with Crippen LogP contribution >= 0.6 is 0 Å². The number of anilines is 1. The molecule has 0 unspecified atom stereocenters. The Labute approximate surface area is 113 Å². The number of nitrogens with two attached hydrogens (primary N) is 1. The minimum absolute atomic E-state index is 0.0334. The second kappa shape index (κ2) is 6.29. The molecule has 3 N–H and O–H groups in total. The Morgan fingerprint density at radius 2 is 2.20 bits per heavy atom. The van der Waals surface area contributed by atoms with Gasteiger partial charge in [0.05, 0.1) is 12.3 Å². The van der Waals surface area contributed by atoms with Crippen molar-refractivity contribution in [2.45, 2.75) is 12.8 Å². The van der Waals surface area contributed by atoms with E-state index in [1.807, 2.05) is 0 Å². The van der Waals surface area contributed by atoms with E-state index in [0.717, 1.165) is 0 Å². The highest BCUT2D eigenvalue weighted by atomic mass is 19.3. The predicted molar refractivity (Wildman–Crippen MR) is 66.3 cm³/mol. The maximum absolute atomic E-state index is 11.8. The molecule has 6 nitrogen and oxygen atoms in total. The molecule has 0 bridgehead atoms. The molecule has 20 heavy (non-hydrogen) atoms. The van der Waals surface area contributed by atoms with E-state index in [0.29, 0.717) is 11.4 Å². The van der Waals surface area contributed by atoms with Crippen LogP contribution < -0.4 is 5.73 Å². The number of phenolic OH excluding ortho intramolecular Hbond substituents is 1. The first-order valence-corrected chi connectivity index (χ1v) is 5.83. The van der Waals surface area contributed by atoms with Gasteiger partial charge in [0.25, 0.3) is 12.3 Å². The quantitative estimate of drug-likeness (QED) is 0.478. The largest absolute Gasteiger partial charge is 0.506 e. The third kappa shape index (κ3) is 3.64. The van der Waals surface area contributed by atoms with Gasteiger partial charge in [0, 0.05) is 12.0 Å². The molecule has 0 radical (unpaired) electrons. The number of hydrogen-bond donors (Lipinski definition) is 2. The Morgan fingerprint density at radius 3 is 2.90 bits per heavy atom. The zero-order chi connectivity index (χ0) is 14.5. The summed E-state index contributed by atoms with van der Waals surface area (Å²) >= 11 is 0. The smallest absolute Gasteiger partial charge is 0.261 e. The van der Waals surface area contributed by atoms with Crippen molar-refractivity contribution < 1.29 is 23.1 Å². The fourth-order valence-corrected chi connectivity index (χ4v) is 1.50. The first-order chi connectivity index (χ1) is 9.56. The third-order valence-corrected chi connectivity index (χ3v) is 2.46. The maximum atomic E-state index is 11.8. The summed E-state index contributed by atoms with van der Waals surface area (Å²) < 4.78 is 33.4. The van der Waals surface area contributed by atoms with Gasteiger partial charge in [0.15, 0.2) is 5.82 Å². The number of aromatic hydroxyl groups is 1. The second-order valence-corrected chi connectivity index (χ2v) is 4.01. The Bertz CT molecular complexity index is 575. The molecule has 1 heterocycles. The molecular formula is C12H13F2N3O3. The van der Waals surface area contributed by atoms with Gasteiger partial charge in [0.1, 0.15) is 12.4 Å². The second-order valence-electron chi connectivity index (χ2n) is 4.01. The Balaban J connectivity index is 1.96. The fourth-order valence-electron chi connectivity index (χ4n) is 1.50. The van der Waals surface area contributed by atoms with Gasteiger partial charge in [-0.05, 0) is 18.2 Å². The molecule has 108 valence electrons. The van der Waals surface area contributed by atoms with E-state index in [1.54, 1.807) is 6.07 Å². The van der Waals surface area contributed by atoms with E-state index in [1.165, 1.54) is 12.1 Å². The average molecular weight is 285 g/mol. The number of nitrogen functional groups attached to an aromatic ring is 1. The van der Waals surface area contributed by atoms with E-state index in [-0.39, 0.29) is 30.4 Å². The number of alkyl halides is 2. The zero-order valence-corrected chi connectivity index (χ0v) is 10.4. The summed E-state index contributed by atoms with van der Waals surface area (Å²) in [5.74, 6) is 0.551. The van der Waals surface area contributed by atoms with Crippen molar-refractivity contribution in [1.82, 2.24) is 10.1 Å². The molecule has 2 aromatic rings. The van der Waals surface area contributed by atoms with Gasteiger partial charge >= 0.3 is 0 Å². The number of benzene rings is 1. The van der Waals surface area contributed by atoms with Gasteiger partial charge < -0.3 is 20.1 Å². The summed E-state index contributed by atoms with van der Waals surface area (Å²) in [5.41, 5.74) is 6.32. The van der Waals surface area contributed by atoms with Crippen molar-refractivity contribution in [3.63, 3.8) is 0 Å². The van der Waals surface area contributed by atoms with Gasteiger partial charge in [-0.25, -0.2) is 8.78 Å².